The van der Waals surface area contributed by atoms with Gasteiger partial charge in [-0.3, -0.25) is 29.4 Å². The minimum Gasteiger partial charge on any atom is -0.313 e. The number of hydrogen-bond donors (Lipinski definition) is 0. The minimum atomic E-state index is -0.441. The van der Waals surface area contributed by atoms with Gasteiger partial charge in [0.05, 0.1) is 27.3 Å². The van der Waals surface area contributed by atoms with E-state index in [2.05, 4.69) is 0 Å². The molecule has 0 atom stereocenters. The van der Waals surface area contributed by atoms with Gasteiger partial charge in [-0.2, -0.15) is 0 Å². The fourth-order valence-electron chi connectivity index (χ4n) is 5.38. The lowest BCUT2D eigenvalue weighted by atomic mass is 9.99. The van der Waals surface area contributed by atoms with Crippen LogP contribution < -0.4 is 4.90 Å². The third kappa shape index (κ3) is 4.57. The molecular weight excluding hydrogens is 520 g/mol. The molecule has 0 aliphatic carbocycles. The van der Waals surface area contributed by atoms with E-state index in [-0.39, 0.29) is 30.0 Å². The monoisotopic (exact) mass is 544 g/mol. The molecular formula is C32H24N4O5. The highest BCUT2D eigenvalue weighted by Gasteiger charge is 2.34. The molecule has 0 N–H and O–H groups in total. The molecule has 1 aliphatic heterocycles. The molecule has 4 aromatic carbocycles. The summed E-state index contributed by atoms with van der Waals surface area (Å²) in [6.45, 7) is 1.95. The Bertz CT molecular complexity index is 1850. The van der Waals surface area contributed by atoms with Crippen LogP contribution in [0.1, 0.15) is 34.1 Å². The quantitative estimate of drug-likeness (QED) is 0.107. The average molecular weight is 545 g/mol. The number of non-ortho nitro benzene ring substituents is 1. The Morgan fingerprint density at radius 2 is 1.51 bits per heavy atom. The number of anilines is 1. The fourth-order valence-corrected chi connectivity index (χ4v) is 5.38. The van der Waals surface area contributed by atoms with Crippen LogP contribution in [0, 0.1) is 10.1 Å². The number of carbonyl (C=O) groups excluding carboxylic acids is 3. The molecule has 1 aromatic heterocycles. The van der Waals surface area contributed by atoms with Crippen LogP contribution in [0.25, 0.3) is 32.9 Å². The maximum atomic E-state index is 12.8. The van der Waals surface area contributed by atoms with Gasteiger partial charge in [-0.25, -0.2) is 4.98 Å². The molecule has 2 heterocycles. The minimum absolute atomic E-state index is 0.0409. The Morgan fingerprint density at radius 3 is 2.17 bits per heavy atom. The van der Waals surface area contributed by atoms with Crippen LogP contribution in [0.3, 0.4) is 0 Å². The van der Waals surface area contributed by atoms with Crippen LogP contribution in [-0.2, 0) is 4.79 Å². The number of hydrogen-bond acceptors (Lipinski definition) is 6. The third-order valence-corrected chi connectivity index (χ3v) is 7.35. The summed E-state index contributed by atoms with van der Waals surface area (Å²) in [6, 6.07) is 26.5. The number of nitro benzene ring substituents is 1. The van der Waals surface area contributed by atoms with E-state index in [9.17, 15) is 24.5 Å². The summed E-state index contributed by atoms with van der Waals surface area (Å²) in [6.07, 6.45) is 0.397. The molecule has 0 radical (unpaired) electrons. The normalized spacial score (nSPS) is 12.7. The molecule has 9 nitrogen and oxygen atoms in total. The van der Waals surface area contributed by atoms with Crippen molar-refractivity contribution in [2.45, 2.75) is 13.3 Å². The SMILES string of the molecule is CC(=O)N(CCCN1C(=O)c2ccccc2C1=O)c1ccc2c(c1)c(-c1ccccc1)nc1cc([N+](=O)[O-])ccc12. The second-order valence-corrected chi connectivity index (χ2v) is 9.85. The largest absolute Gasteiger partial charge is 0.313 e. The van der Waals surface area contributed by atoms with Crippen molar-refractivity contribution in [1.29, 1.82) is 0 Å². The van der Waals surface area contributed by atoms with Crippen LogP contribution >= 0.6 is 0 Å². The lowest BCUT2D eigenvalue weighted by Gasteiger charge is -2.23. The van der Waals surface area contributed by atoms with Crippen molar-refractivity contribution in [3.8, 4) is 11.3 Å². The van der Waals surface area contributed by atoms with E-state index < -0.39 is 4.92 Å². The van der Waals surface area contributed by atoms with Crippen molar-refractivity contribution in [2.75, 3.05) is 18.0 Å². The van der Waals surface area contributed by atoms with Crippen molar-refractivity contribution in [3.63, 3.8) is 0 Å². The summed E-state index contributed by atoms with van der Waals surface area (Å²) in [5.41, 5.74) is 3.38. The molecule has 0 saturated heterocycles. The highest BCUT2D eigenvalue weighted by atomic mass is 16.6. The number of rotatable bonds is 7. The van der Waals surface area contributed by atoms with Crippen LogP contribution in [0.5, 0.6) is 0 Å². The molecule has 3 amide bonds. The first kappa shape index (κ1) is 25.8. The zero-order valence-corrected chi connectivity index (χ0v) is 22.1. The van der Waals surface area contributed by atoms with Crippen molar-refractivity contribution < 1.29 is 19.3 Å². The first-order valence-corrected chi connectivity index (χ1v) is 13.1. The second kappa shape index (κ2) is 10.3. The summed E-state index contributed by atoms with van der Waals surface area (Å²) in [7, 11) is 0. The summed E-state index contributed by atoms with van der Waals surface area (Å²) in [5.74, 6) is -0.829. The molecule has 6 rings (SSSR count). The van der Waals surface area contributed by atoms with Crippen molar-refractivity contribution in [3.05, 3.63) is 112 Å². The number of nitro groups is 1. The molecule has 9 heteroatoms. The van der Waals surface area contributed by atoms with Gasteiger partial charge in [0.25, 0.3) is 17.5 Å². The summed E-state index contributed by atoms with van der Waals surface area (Å²) < 4.78 is 0. The predicted molar refractivity (Wildman–Crippen MR) is 156 cm³/mol. The van der Waals surface area contributed by atoms with Crippen molar-refractivity contribution >= 4 is 50.8 Å². The number of pyridine rings is 1. The fraction of sp³-hybridized carbons (Fsp3) is 0.125. The van der Waals surface area contributed by atoms with Gasteiger partial charge in [-0.1, -0.05) is 48.5 Å². The van der Waals surface area contributed by atoms with Gasteiger partial charge in [-0.05, 0) is 42.1 Å². The molecule has 0 saturated carbocycles. The molecule has 0 unspecified atom stereocenters. The molecule has 202 valence electrons. The van der Waals surface area contributed by atoms with E-state index in [0.717, 1.165) is 21.7 Å². The van der Waals surface area contributed by atoms with E-state index in [0.29, 0.717) is 41.0 Å². The van der Waals surface area contributed by atoms with Gasteiger partial charge in [0.2, 0.25) is 5.91 Å². The second-order valence-electron chi connectivity index (χ2n) is 9.85. The van der Waals surface area contributed by atoms with E-state index in [1.807, 2.05) is 48.5 Å². The lowest BCUT2D eigenvalue weighted by Crippen LogP contribution is -2.35. The van der Waals surface area contributed by atoms with Gasteiger partial charge < -0.3 is 4.90 Å². The summed E-state index contributed by atoms with van der Waals surface area (Å²) >= 11 is 0. The van der Waals surface area contributed by atoms with E-state index in [1.165, 1.54) is 24.0 Å². The molecule has 1 aliphatic rings. The number of aromatic nitrogens is 1. The van der Waals surface area contributed by atoms with Crippen molar-refractivity contribution in [1.82, 2.24) is 9.88 Å². The Hall–Kier alpha value is -5.44. The van der Waals surface area contributed by atoms with Gasteiger partial charge in [0.15, 0.2) is 0 Å². The smallest absolute Gasteiger partial charge is 0.271 e. The number of nitrogens with zero attached hydrogens (tertiary/aromatic N) is 4. The van der Waals surface area contributed by atoms with Gasteiger partial charge >= 0.3 is 0 Å². The highest BCUT2D eigenvalue weighted by molar-refractivity contribution is 6.21. The molecule has 0 spiro atoms. The number of carbonyl (C=O) groups is 3. The van der Waals surface area contributed by atoms with E-state index in [4.69, 9.17) is 4.98 Å². The zero-order chi connectivity index (χ0) is 28.7. The van der Waals surface area contributed by atoms with E-state index >= 15 is 0 Å². The summed E-state index contributed by atoms with van der Waals surface area (Å²) in [5, 5.41) is 13.8. The van der Waals surface area contributed by atoms with Crippen LogP contribution in [0.4, 0.5) is 11.4 Å². The molecule has 0 fully saturated rings. The lowest BCUT2D eigenvalue weighted by molar-refractivity contribution is -0.384. The van der Waals surface area contributed by atoms with Crippen LogP contribution in [0.15, 0.2) is 91.0 Å². The Labute approximate surface area is 234 Å². The van der Waals surface area contributed by atoms with Crippen LogP contribution in [-0.4, -0.2) is 45.6 Å². The maximum absolute atomic E-state index is 12.8. The van der Waals surface area contributed by atoms with E-state index in [1.54, 1.807) is 35.2 Å². The van der Waals surface area contributed by atoms with Gasteiger partial charge in [-0.15, -0.1) is 0 Å². The molecule has 5 aromatic rings. The number of benzene rings is 4. The maximum Gasteiger partial charge on any atom is 0.271 e. The summed E-state index contributed by atoms with van der Waals surface area (Å²) in [4.78, 5) is 56.9. The standard InChI is InChI=1S/C32H24N4O5/c1-20(37)34(16-7-17-35-31(38)26-10-5-6-11-27(26)32(35)39)22-12-14-24-25-15-13-23(36(40)41)19-29(25)33-30(28(24)18-22)21-8-3-2-4-9-21/h2-6,8-15,18-19H,7,16-17H2,1H3. The Balaban J connectivity index is 1.35. The van der Waals surface area contributed by atoms with Crippen LogP contribution in [0.2, 0.25) is 0 Å². The third-order valence-electron chi connectivity index (χ3n) is 7.35. The average Bonchev–Trinajstić information content (AvgIpc) is 3.23. The topological polar surface area (TPSA) is 114 Å². The first-order valence-electron chi connectivity index (χ1n) is 13.1. The Kier molecular flexibility index (Phi) is 6.47. The first-order chi connectivity index (χ1) is 19.8. The zero-order valence-electron chi connectivity index (χ0n) is 22.1. The molecule has 0 bridgehead atoms. The number of fused-ring (bicyclic) bond motifs is 4. The van der Waals surface area contributed by atoms with Gasteiger partial charge in [0.1, 0.15) is 0 Å². The Morgan fingerprint density at radius 1 is 0.854 bits per heavy atom. The number of amides is 3. The van der Waals surface area contributed by atoms with Crippen molar-refractivity contribution in [2.24, 2.45) is 0 Å². The predicted octanol–water partition coefficient (Wildman–Crippen LogP) is 6.00. The number of imide groups is 1. The van der Waals surface area contributed by atoms with Gasteiger partial charge in [0, 0.05) is 54.2 Å². The highest BCUT2D eigenvalue weighted by Crippen LogP contribution is 2.36. The molecule has 41 heavy (non-hydrogen) atoms.